The zero-order chi connectivity index (χ0) is 16.4. The van der Waals surface area contributed by atoms with Crippen LogP contribution in [0.25, 0.3) is 0 Å². The number of ether oxygens (including phenoxy) is 2. The predicted molar refractivity (Wildman–Crippen MR) is 74.0 cm³/mol. The lowest BCUT2D eigenvalue weighted by Gasteiger charge is -2.29. The van der Waals surface area contributed by atoms with Gasteiger partial charge in [0.05, 0.1) is 24.6 Å². The second kappa shape index (κ2) is 5.96. The topological polar surface area (TPSA) is 125 Å². The molecule has 1 aromatic carbocycles. The van der Waals surface area contributed by atoms with Crippen LogP contribution in [0.15, 0.2) is 12.1 Å². The van der Waals surface area contributed by atoms with E-state index in [2.05, 4.69) is 4.74 Å². The minimum absolute atomic E-state index is 0.0877. The molecule has 0 saturated carbocycles. The van der Waals surface area contributed by atoms with Crippen molar-refractivity contribution in [1.29, 1.82) is 0 Å². The number of hydrogen-bond donors (Lipinski definition) is 2. The Morgan fingerprint density at radius 1 is 1.43 bits per heavy atom. The number of nitro groups is 1. The molecule has 0 aliphatic heterocycles. The molecule has 3 N–H and O–H groups in total. The first kappa shape index (κ1) is 16.7. The molecule has 1 rings (SSSR count). The minimum Gasteiger partial charge on any atom is -0.500 e. The van der Waals surface area contributed by atoms with E-state index in [0.717, 1.165) is 6.07 Å². The number of phenolic OH excluding ortho intramolecular Hbond substituents is 1. The average Bonchev–Trinajstić information content (AvgIpc) is 2.45. The molecule has 1 aromatic rings. The number of esters is 1. The summed E-state index contributed by atoms with van der Waals surface area (Å²) < 4.78 is 9.58. The lowest BCUT2D eigenvalue weighted by Crippen LogP contribution is -2.37. The summed E-state index contributed by atoms with van der Waals surface area (Å²) in [5.41, 5.74) is 4.67. The van der Waals surface area contributed by atoms with Crippen LogP contribution in [0.2, 0.25) is 0 Å². The molecule has 0 aliphatic rings. The molecule has 0 radical (unpaired) electrons. The molecule has 1 atom stereocenters. The molecule has 0 bridgehead atoms. The third kappa shape index (κ3) is 3.05. The zero-order valence-corrected chi connectivity index (χ0v) is 12.2. The van der Waals surface area contributed by atoms with Crippen molar-refractivity contribution in [3.8, 4) is 11.5 Å². The van der Waals surface area contributed by atoms with Gasteiger partial charge in [0.25, 0.3) is 0 Å². The Balaban J connectivity index is 3.40. The van der Waals surface area contributed by atoms with Crippen molar-refractivity contribution in [2.45, 2.75) is 19.9 Å². The number of carbonyl (C=O) groups excluding carboxylic acids is 1. The maximum atomic E-state index is 11.8. The standard InChI is InChI=1S/C13H18N2O6/c1-13(2,12(17)21-4)11(14)7-5-8(15(18)19)10(16)9(6-7)20-3/h5-6,11,16H,14H2,1-4H3/t11-/m0/s1. The van der Waals surface area contributed by atoms with Gasteiger partial charge in [-0.1, -0.05) is 0 Å². The van der Waals surface area contributed by atoms with Crippen LogP contribution < -0.4 is 10.5 Å². The van der Waals surface area contributed by atoms with Gasteiger partial charge in [0, 0.05) is 12.1 Å². The maximum absolute atomic E-state index is 11.8. The van der Waals surface area contributed by atoms with Gasteiger partial charge in [-0.2, -0.15) is 0 Å². The van der Waals surface area contributed by atoms with Gasteiger partial charge < -0.3 is 20.3 Å². The van der Waals surface area contributed by atoms with E-state index in [1.165, 1.54) is 20.3 Å². The molecule has 0 aliphatic carbocycles. The van der Waals surface area contributed by atoms with Gasteiger partial charge in [-0.25, -0.2) is 0 Å². The Kier molecular flexibility index (Phi) is 4.74. The van der Waals surface area contributed by atoms with Gasteiger partial charge in [-0.05, 0) is 25.5 Å². The first-order valence-corrected chi connectivity index (χ1v) is 6.06. The largest absolute Gasteiger partial charge is 0.500 e. The highest BCUT2D eigenvalue weighted by molar-refractivity contribution is 5.77. The van der Waals surface area contributed by atoms with Crippen molar-refractivity contribution in [1.82, 2.24) is 0 Å². The van der Waals surface area contributed by atoms with E-state index in [1.807, 2.05) is 0 Å². The number of nitro benzene ring substituents is 1. The smallest absolute Gasteiger partial charge is 0.314 e. The number of hydrogen-bond acceptors (Lipinski definition) is 7. The van der Waals surface area contributed by atoms with E-state index in [4.69, 9.17) is 10.5 Å². The van der Waals surface area contributed by atoms with Crippen LogP contribution in [0.4, 0.5) is 5.69 Å². The van der Waals surface area contributed by atoms with Crippen LogP contribution in [0.3, 0.4) is 0 Å². The lowest BCUT2D eigenvalue weighted by atomic mass is 9.81. The fourth-order valence-corrected chi connectivity index (χ4v) is 1.89. The molecule has 8 heteroatoms. The molecule has 21 heavy (non-hydrogen) atoms. The van der Waals surface area contributed by atoms with Crippen molar-refractivity contribution < 1.29 is 24.3 Å². The van der Waals surface area contributed by atoms with Gasteiger partial charge in [-0.15, -0.1) is 0 Å². The first-order valence-electron chi connectivity index (χ1n) is 6.06. The second-order valence-electron chi connectivity index (χ2n) is 5.04. The quantitative estimate of drug-likeness (QED) is 0.479. The van der Waals surface area contributed by atoms with Gasteiger partial charge in [-0.3, -0.25) is 14.9 Å². The van der Waals surface area contributed by atoms with Gasteiger partial charge >= 0.3 is 11.7 Å². The Labute approximate surface area is 121 Å². The number of carbonyl (C=O) groups is 1. The van der Waals surface area contributed by atoms with E-state index in [0.29, 0.717) is 0 Å². The number of nitrogens with zero attached hydrogens (tertiary/aromatic N) is 1. The zero-order valence-electron chi connectivity index (χ0n) is 12.2. The fourth-order valence-electron chi connectivity index (χ4n) is 1.89. The molecule has 0 amide bonds. The maximum Gasteiger partial charge on any atom is 0.314 e. The van der Waals surface area contributed by atoms with Crippen LogP contribution in [0, 0.1) is 15.5 Å². The molecule has 0 aromatic heterocycles. The monoisotopic (exact) mass is 298 g/mol. The number of nitrogens with two attached hydrogens (primary N) is 1. The summed E-state index contributed by atoms with van der Waals surface area (Å²) in [4.78, 5) is 22.0. The molecule has 116 valence electrons. The molecular formula is C13H18N2O6. The Morgan fingerprint density at radius 3 is 2.43 bits per heavy atom. The Morgan fingerprint density at radius 2 is 2.00 bits per heavy atom. The second-order valence-corrected chi connectivity index (χ2v) is 5.04. The molecule has 0 spiro atoms. The highest BCUT2D eigenvalue weighted by Gasteiger charge is 2.38. The number of rotatable bonds is 5. The minimum atomic E-state index is -1.11. The third-order valence-corrected chi connectivity index (χ3v) is 3.34. The van der Waals surface area contributed by atoms with Crippen molar-refractivity contribution in [3.63, 3.8) is 0 Å². The van der Waals surface area contributed by atoms with Crippen LogP contribution in [0.5, 0.6) is 11.5 Å². The van der Waals surface area contributed by atoms with Crippen LogP contribution in [0.1, 0.15) is 25.5 Å². The summed E-state index contributed by atoms with van der Waals surface area (Å²) in [6.07, 6.45) is 0. The molecule has 0 heterocycles. The van der Waals surface area contributed by atoms with Gasteiger partial charge in [0.15, 0.2) is 5.75 Å². The van der Waals surface area contributed by atoms with Crippen molar-refractivity contribution in [2.75, 3.05) is 14.2 Å². The van der Waals surface area contributed by atoms with Crippen molar-refractivity contribution >= 4 is 11.7 Å². The SMILES string of the molecule is COC(=O)C(C)(C)[C@@H](N)c1cc(OC)c(O)c([N+](=O)[O-])c1. The third-order valence-electron chi connectivity index (χ3n) is 3.34. The van der Waals surface area contributed by atoms with Crippen molar-refractivity contribution in [3.05, 3.63) is 27.8 Å². The molecule has 8 nitrogen and oxygen atoms in total. The number of benzene rings is 1. The number of aromatic hydroxyl groups is 1. The number of methoxy groups -OCH3 is 2. The van der Waals surface area contributed by atoms with Crippen molar-refractivity contribution in [2.24, 2.45) is 11.1 Å². The molecule has 0 unspecified atom stereocenters. The summed E-state index contributed by atoms with van der Waals surface area (Å²) in [5, 5.41) is 20.7. The number of phenols is 1. The summed E-state index contributed by atoms with van der Waals surface area (Å²) in [5.74, 6) is -1.23. The summed E-state index contributed by atoms with van der Waals surface area (Å²) in [6, 6.07) is 1.60. The van der Waals surface area contributed by atoms with Gasteiger partial charge in [0.2, 0.25) is 5.75 Å². The van der Waals surface area contributed by atoms with E-state index in [9.17, 15) is 20.0 Å². The van der Waals surface area contributed by atoms with Gasteiger partial charge in [0.1, 0.15) is 0 Å². The van der Waals surface area contributed by atoms with E-state index in [-0.39, 0.29) is 11.3 Å². The normalized spacial score (nSPS) is 12.6. The lowest BCUT2D eigenvalue weighted by molar-refractivity contribution is -0.386. The predicted octanol–water partition coefficient (Wildman–Crippen LogP) is 1.51. The molecule has 0 fully saturated rings. The average molecular weight is 298 g/mol. The van der Waals surface area contributed by atoms with Crippen LogP contribution >= 0.6 is 0 Å². The Hall–Kier alpha value is -2.35. The molecule has 0 saturated heterocycles. The van der Waals surface area contributed by atoms with E-state index >= 15 is 0 Å². The molecular weight excluding hydrogens is 280 g/mol. The highest BCUT2D eigenvalue weighted by Crippen LogP contribution is 2.41. The highest BCUT2D eigenvalue weighted by atomic mass is 16.6. The summed E-state index contributed by atoms with van der Waals surface area (Å²) in [6.45, 7) is 3.13. The first-order chi connectivity index (χ1) is 9.66. The van der Waals surface area contributed by atoms with Crippen LogP contribution in [-0.4, -0.2) is 30.2 Å². The summed E-state index contributed by atoms with van der Waals surface area (Å²) in [7, 11) is 2.50. The fraction of sp³-hybridized carbons (Fsp3) is 0.462. The van der Waals surface area contributed by atoms with E-state index < -0.39 is 33.8 Å². The Bertz CT molecular complexity index is 570. The summed E-state index contributed by atoms with van der Waals surface area (Å²) >= 11 is 0. The van der Waals surface area contributed by atoms with E-state index in [1.54, 1.807) is 13.8 Å². The van der Waals surface area contributed by atoms with Crippen LogP contribution in [-0.2, 0) is 9.53 Å².